The number of rotatable bonds is 0. The smallest absolute Gasteiger partial charge is 0.125 e. The predicted molar refractivity (Wildman–Crippen MR) is 105 cm³/mol. The minimum Gasteiger partial charge on any atom is -0.366 e. The number of H-pyrrole nitrogens is 1. The Balaban J connectivity index is 1.92. The van der Waals surface area contributed by atoms with Crippen molar-refractivity contribution in [1.29, 1.82) is 0 Å². The van der Waals surface area contributed by atoms with Crippen molar-refractivity contribution in [1.82, 2.24) is 14.1 Å². The van der Waals surface area contributed by atoms with E-state index < -0.39 is 0 Å². The van der Waals surface area contributed by atoms with Crippen LogP contribution in [0.3, 0.4) is 0 Å². The van der Waals surface area contributed by atoms with Gasteiger partial charge in [0.2, 0.25) is 0 Å². The normalized spacial score (nSPS) is 17.5. The quantitative estimate of drug-likeness (QED) is 0.525. The number of nitrogens with zero attached hydrogens (tertiary/aromatic N) is 2. The Morgan fingerprint density at radius 3 is 2.65 bits per heavy atom. The Bertz CT molecular complexity index is 1450. The summed E-state index contributed by atoms with van der Waals surface area (Å²) in [6, 6.07) is 0. The van der Waals surface area contributed by atoms with Crippen LogP contribution in [-0.2, 0) is 24.6 Å². The number of ether oxygens (including phenoxy) is 1. The largest absolute Gasteiger partial charge is 0.366 e. The molecular weight excluding hydrogens is 322 g/mol. The molecule has 4 heterocycles. The fraction of sp³-hybridized carbons (Fsp3) is 0.182. The first-order chi connectivity index (χ1) is 12.9. The molecule has 7 rings (SSSR count). The average Bonchev–Trinajstić information content (AvgIpc) is 3.31. The van der Waals surface area contributed by atoms with Gasteiger partial charge < -0.3 is 18.9 Å². The third-order valence-electron chi connectivity index (χ3n) is 6.14. The number of nitrogens with one attached hydrogen (secondary N) is 1. The van der Waals surface area contributed by atoms with E-state index in [0.717, 1.165) is 12.8 Å². The second kappa shape index (κ2) is 4.40. The molecule has 0 amide bonds. The summed E-state index contributed by atoms with van der Waals surface area (Å²) in [5.41, 5.74) is 5.40. The van der Waals surface area contributed by atoms with Crippen molar-refractivity contribution in [2.24, 2.45) is 0 Å². The molecule has 1 N–H and O–H groups in total. The van der Waals surface area contributed by atoms with Gasteiger partial charge in [0.25, 0.3) is 0 Å². The molecule has 0 fully saturated rings. The Morgan fingerprint density at radius 1 is 0.923 bits per heavy atom. The van der Waals surface area contributed by atoms with E-state index in [2.05, 4.69) is 63.0 Å². The molecular formula is C22H17N3O. The Morgan fingerprint density at radius 2 is 1.73 bits per heavy atom. The lowest BCUT2D eigenvalue weighted by Crippen LogP contribution is -2.22. The number of benzene rings is 1. The van der Waals surface area contributed by atoms with E-state index in [4.69, 9.17) is 4.74 Å². The summed E-state index contributed by atoms with van der Waals surface area (Å²) in [4.78, 5) is 3.38. The van der Waals surface area contributed by atoms with Gasteiger partial charge in [0, 0.05) is 50.2 Å². The van der Waals surface area contributed by atoms with Crippen LogP contribution in [0.1, 0.15) is 17.5 Å². The SMILES string of the molecule is C1=CCc2c(n3c4c2c2c[nH]cc2c2c5c(n(c24)COC3)=CCC=C5)=C1. The zero-order valence-electron chi connectivity index (χ0n) is 14.2. The molecule has 126 valence electrons. The number of aromatic nitrogens is 3. The molecule has 2 aliphatic carbocycles. The molecule has 1 aromatic carbocycles. The lowest BCUT2D eigenvalue weighted by molar-refractivity contribution is 0.0328. The minimum atomic E-state index is 0.605. The van der Waals surface area contributed by atoms with Crippen molar-refractivity contribution in [2.75, 3.05) is 0 Å². The number of hydrogen-bond donors (Lipinski definition) is 1. The van der Waals surface area contributed by atoms with Crippen LogP contribution in [0.5, 0.6) is 0 Å². The summed E-state index contributed by atoms with van der Waals surface area (Å²) in [6.07, 6.45) is 19.8. The molecule has 0 bridgehead atoms. The fourth-order valence-electron chi connectivity index (χ4n) is 5.17. The van der Waals surface area contributed by atoms with E-state index in [1.807, 2.05) is 0 Å². The van der Waals surface area contributed by atoms with E-state index in [1.165, 1.54) is 54.4 Å². The lowest BCUT2D eigenvalue weighted by Gasteiger charge is -2.07. The van der Waals surface area contributed by atoms with Gasteiger partial charge in [-0.3, -0.25) is 0 Å². The maximum absolute atomic E-state index is 6.14. The van der Waals surface area contributed by atoms with Crippen LogP contribution >= 0.6 is 0 Å². The van der Waals surface area contributed by atoms with Crippen molar-refractivity contribution in [3.63, 3.8) is 0 Å². The molecule has 0 radical (unpaired) electrons. The van der Waals surface area contributed by atoms with Crippen LogP contribution in [0.25, 0.3) is 50.8 Å². The molecule has 3 aromatic heterocycles. The molecule has 0 spiro atoms. The second-order valence-electron chi connectivity index (χ2n) is 7.35. The zero-order chi connectivity index (χ0) is 16.8. The summed E-state index contributed by atoms with van der Waals surface area (Å²) >= 11 is 0. The van der Waals surface area contributed by atoms with Gasteiger partial charge in [-0.2, -0.15) is 0 Å². The summed E-state index contributed by atoms with van der Waals surface area (Å²) in [6.45, 7) is 1.21. The standard InChI is InChI=1S/C22H17N3O/c1-3-7-17-13(5-1)19-15-9-23-10-16(15)20-14-6-2-4-8-18(14)25-12-26-11-24(17)21(19)22(20)25/h1-3,6-10,23H,4-5,11-12H2. The Labute approximate surface area is 149 Å². The molecule has 4 heteroatoms. The van der Waals surface area contributed by atoms with Crippen molar-refractivity contribution in [3.05, 3.63) is 52.4 Å². The summed E-state index contributed by atoms with van der Waals surface area (Å²) < 4.78 is 10.9. The number of fused-ring (bicyclic) bond motifs is 9. The highest BCUT2D eigenvalue weighted by molar-refractivity contribution is 6.26. The van der Waals surface area contributed by atoms with Crippen molar-refractivity contribution in [3.8, 4) is 0 Å². The van der Waals surface area contributed by atoms with Crippen molar-refractivity contribution in [2.45, 2.75) is 26.3 Å². The summed E-state index contributed by atoms with van der Waals surface area (Å²) in [5, 5.41) is 7.98. The van der Waals surface area contributed by atoms with Crippen LogP contribution in [0.15, 0.2) is 30.6 Å². The Hall–Kier alpha value is -2.98. The minimum absolute atomic E-state index is 0.605. The van der Waals surface area contributed by atoms with Gasteiger partial charge in [0.1, 0.15) is 13.5 Å². The summed E-state index contributed by atoms with van der Waals surface area (Å²) in [5.74, 6) is 0. The molecule has 1 aliphatic heterocycles. The first kappa shape index (κ1) is 13.3. The highest BCUT2D eigenvalue weighted by Gasteiger charge is 2.26. The van der Waals surface area contributed by atoms with E-state index in [9.17, 15) is 0 Å². The zero-order valence-corrected chi connectivity index (χ0v) is 14.2. The molecule has 4 nitrogen and oxygen atoms in total. The monoisotopic (exact) mass is 339 g/mol. The molecule has 0 atom stereocenters. The van der Waals surface area contributed by atoms with Crippen LogP contribution in [0, 0.1) is 0 Å². The molecule has 4 aromatic rings. The molecule has 26 heavy (non-hydrogen) atoms. The molecule has 0 saturated carbocycles. The topological polar surface area (TPSA) is 34.9 Å². The van der Waals surface area contributed by atoms with E-state index >= 15 is 0 Å². The van der Waals surface area contributed by atoms with Gasteiger partial charge in [0.05, 0.1) is 11.0 Å². The highest BCUT2D eigenvalue weighted by atomic mass is 16.5. The third kappa shape index (κ3) is 1.35. The van der Waals surface area contributed by atoms with Gasteiger partial charge in [-0.05, 0) is 24.5 Å². The van der Waals surface area contributed by atoms with Gasteiger partial charge in [-0.15, -0.1) is 0 Å². The van der Waals surface area contributed by atoms with Crippen LogP contribution in [0.2, 0.25) is 0 Å². The summed E-state index contributed by atoms with van der Waals surface area (Å²) in [7, 11) is 0. The Kier molecular flexibility index (Phi) is 2.24. The average molecular weight is 339 g/mol. The molecule has 0 unspecified atom stereocenters. The molecule has 3 aliphatic rings. The third-order valence-corrected chi connectivity index (χ3v) is 6.14. The molecule has 0 saturated heterocycles. The van der Waals surface area contributed by atoms with Gasteiger partial charge in [-0.1, -0.05) is 30.4 Å². The fourth-order valence-corrected chi connectivity index (χ4v) is 5.17. The first-order valence-corrected chi connectivity index (χ1v) is 9.20. The van der Waals surface area contributed by atoms with Crippen molar-refractivity contribution < 1.29 is 4.74 Å². The van der Waals surface area contributed by atoms with Gasteiger partial charge in [0.15, 0.2) is 0 Å². The van der Waals surface area contributed by atoms with E-state index in [1.54, 1.807) is 0 Å². The first-order valence-electron chi connectivity index (χ1n) is 9.20. The van der Waals surface area contributed by atoms with Crippen LogP contribution < -0.4 is 10.7 Å². The second-order valence-corrected chi connectivity index (χ2v) is 7.35. The maximum atomic E-state index is 6.14. The van der Waals surface area contributed by atoms with Crippen LogP contribution in [0.4, 0.5) is 0 Å². The van der Waals surface area contributed by atoms with Gasteiger partial charge in [-0.25, -0.2) is 0 Å². The number of hydrogen-bond acceptors (Lipinski definition) is 1. The number of allylic oxidation sites excluding steroid dienone is 3. The maximum Gasteiger partial charge on any atom is 0.125 e. The van der Waals surface area contributed by atoms with Gasteiger partial charge >= 0.3 is 0 Å². The predicted octanol–water partition coefficient (Wildman–Crippen LogP) is 3.11. The van der Waals surface area contributed by atoms with Crippen LogP contribution in [-0.4, -0.2) is 14.1 Å². The van der Waals surface area contributed by atoms with E-state index in [0.29, 0.717) is 13.5 Å². The number of aromatic amines is 1. The van der Waals surface area contributed by atoms with E-state index in [-0.39, 0.29) is 0 Å². The van der Waals surface area contributed by atoms with Crippen molar-refractivity contribution >= 4 is 50.8 Å². The highest BCUT2D eigenvalue weighted by Crippen LogP contribution is 2.39. The lowest BCUT2D eigenvalue weighted by atomic mass is 9.98.